The number of likely N-dealkylation sites (tertiary alicyclic amines) is 1. The summed E-state index contributed by atoms with van der Waals surface area (Å²) >= 11 is 0. The molecular formula is C18H28N2O. The maximum atomic E-state index is 12.9. The minimum Gasteiger partial charge on any atom is -0.385 e. The molecule has 0 aliphatic carbocycles. The van der Waals surface area contributed by atoms with E-state index in [2.05, 4.69) is 37.1 Å². The number of piperidine rings is 1. The normalized spacial score (nSPS) is 22.2. The molecule has 0 aromatic heterocycles. The van der Waals surface area contributed by atoms with Gasteiger partial charge in [-0.05, 0) is 70.2 Å². The number of aryl methyl sites for hydroxylation is 1. The molecule has 2 atom stereocenters. The van der Waals surface area contributed by atoms with Crippen LogP contribution in [0.15, 0.2) is 18.2 Å². The largest absolute Gasteiger partial charge is 0.385 e. The first kappa shape index (κ1) is 15.9. The number of anilines is 1. The Morgan fingerprint density at radius 3 is 2.52 bits per heavy atom. The Hall–Kier alpha value is -1.51. The number of hydrogen-bond donors (Lipinski definition) is 1. The van der Waals surface area contributed by atoms with Crippen LogP contribution < -0.4 is 5.32 Å². The van der Waals surface area contributed by atoms with Crippen molar-refractivity contribution in [2.45, 2.75) is 65.5 Å². The van der Waals surface area contributed by atoms with E-state index in [-0.39, 0.29) is 5.91 Å². The number of carbonyl (C=O) groups excluding carboxylic acids is 1. The molecule has 1 aliphatic rings. The van der Waals surface area contributed by atoms with Crippen LogP contribution in [0.4, 0.5) is 5.69 Å². The molecule has 21 heavy (non-hydrogen) atoms. The second kappa shape index (κ2) is 6.97. The zero-order chi connectivity index (χ0) is 15.4. The van der Waals surface area contributed by atoms with Gasteiger partial charge in [0.05, 0.1) is 0 Å². The molecule has 0 saturated carbocycles. The zero-order valence-electron chi connectivity index (χ0n) is 13.8. The van der Waals surface area contributed by atoms with Gasteiger partial charge in [-0.2, -0.15) is 0 Å². The van der Waals surface area contributed by atoms with Crippen molar-refractivity contribution in [2.75, 3.05) is 11.9 Å². The minimum absolute atomic E-state index is 0.189. The predicted octanol–water partition coefficient (Wildman–Crippen LogP) is 4.22. The van der Waals surface area contributed by atoms with Gasteiger partial charge in [0.1, 0.15) is 0 Å². The van der Waals surface area contributed by atoms with Crippen molar-refractivity contribution in [3.05, 3.63) is 29.3 Å². The van der Waals surface area contributed by atoms with Gasteiger partial charge < -0.3 is 10.2 Å². The van der Waals surface area contributed by atoms with Crippen LogP contribution in [0.2, 0.25) is 0 Å². The molecule has 1 fully saturated rings. The number of amides is 1. The number of hydrogen-bond acceptors (Lipinski definition) is 2. The molecule has 3 heteroatoms. The fourth-order valence-electron chi connectivity index (χ4n) is 3.24. The van der Waals surface area contributed by atoms with Gasteiger partial charge in [-0.3, -0.25) is 4.79 Å². The Labute approximate surface area is 128 Å². The van der Waals surface area contributed by atoms with E-state index in [0.717, 1.165) is 42.6 Å². The third-order valence-electron chi connectivity index (χ3n) is 4.46. The molecule has 2 rings (SSSR count). The van der Waals surface area contributed by atoms with Crippen molar-refractivity contribution >= 4 is 11.6 Å². The van der Waals surface area contributed by atoms with Crippen molar-refractivity contribution in [2.24, 2.45) is 0 Å². The second-order valence-corrected chi connectivity index (χ2v) is 6.30. The van der Waals surface area contributed by atoms with Crippen molar-refractivity contribution in [3.8, 4) is 0 Å². The third-order valence-corrected chi connectivity index (χ3v) is 4.46. The van der Waals surface area contributed by atoms with E-state index < -0.39 is 0 Å². The van der Waals surface area contributed by atoms with E-state index in [4.69, 9.17) is 0 Å². The molecule has 1 aliphatic heterocycles. The van der Waals surface area contributed by atoms with Crippen LogP contribution in [0.5, 0.6) is 0 Å². The predicted molar refractivity (Wildman–Crippen MR) is 88.9 cm³/mol. The molecule has 3 nitrogen and oxygen atoms in total. The lowest BCUT2D eigenvalue weighted by Crippen LogP contribution is -2.47. The molecule has 116 valence electrons. The molecule has 0 unspecified atom stereocenters. The monoisotopic (exact) mass is 288 g/mol. The number of carbonyl (C=O) groups is 1. The lowest BCUT2D eigenvalue weighted by Gasteiger charge is -2.39. The number of nitrogens with zero attached hydrogens (tertiary/aromatic N) is 1. The summed E-state index contributed by atoms with van der Waals surface area (Å²) in [6, 6.07) is 6.78. The average Bonchev–Trinajstić information content (AvgIpc) is 2.44. The Morgan fingerprint density at radius 2 is 1.95 bits per heavy atom. The molecule has 1 saturated heterocycles. The Balaban J connectivity index is 2.18. The Morgan fingerprint density at radius 1 is 1.29 bits per heavy atom. The first-order valence-electron chi connectivity index (χ1n) is 8.21. The Bertz CT molecular complexity index is 488. The second-order valence-electron chi connectivity index (χ2n) is 6.30. The van der Waals surface area contributed by atoms with Crippen molar-refractivity contribution in [1.82, 2.24) is 4.90 Å². The zero-order valence-corrected chi connectivity index (χ0v) is 13.8. The summed E-state index contributed by atoms with van der Waals surface area (Å²) in [6.07, 6.45) is 4.56. The van der Waals surface area contributed by atoms with E-state index >= 15 is 0 Å². The molecule has 1 N–H and O–H groups in total. The van der Waals surface area contributed by atoms with Gasteiger partial charge in [-0.1, -0.05) is 6.92 Å². The van der Waals surface area contributed by atoms with E-state index in [0.29, 0.717) is 12.1 Å². The summed E-state index contributed by atoms with van der Waals surface area (Å²) in [4.78, 5) is 14.9. The molecule has 0 spiro atoms. The summed E-state index contributed by atoms with van der Waals surface area (Å²) in [5.41, 5.74) is 3.01. The first-order valence-corrected chi connectivity index (χ1v) is 8.21. The lowest BCUT2D eigenvalue weighted by molar-refractivity contribution is 0.0510. The molecule has 0 radical (unpaired) electrons. The molecule has 1 amide bonds. The fourth-order valence-corrected chi connectivity index (χ4v) is 3.24. The van der Waals surface area contributed by atoms with Gasteiger partial charge in [0.2, 0.25) is 0 Å². The SMILES string of the molecule is CCCNc1ccc(C(=O)N2[C@H](C)CCC[C@@H]2C)c(C)c1. The van der Waals surface area contributed by atoms with Crippen LogP contribution in [0.1, 0.15) is 62.4 Å². The molecule has 0 bridgehead atoms. The lowest BCUT2D eigenvalue weighted by atomic mass is 9.95. The molecule has 1 aromatic carbocycles. The highest BCUT2D eigenvalue weighted by molar-refractivity contribution is 5.96. The first-order chi connectivity index (χ1) is 10.0. The minimum atomic E-state index is 0.189. The number of benzene rings is 1. The summed E-state index contributed by atoms with van der Waals surface area (Å²) in [7, 11) is 0. The highest BCUT2D eigenvalue weighted by atomic mass is 16.2. The number of rotatable bonds is 4. The number of nitrogens with one attached hydrogen (secondary N) is 1. The van der Waals surface area contributed by atoms with Crippen molar-refractivity contribution in [3.63, 3.8) is 0 Å². The highest BCUT2D eigenvalue weighted by Gasteiger charge is 2.30. The highest BCUT2D eigenvalue weighted by Crippen LogP contribution is 2.26. The average molecular weight is 288 g/mol. The van der Waals surface area contributed by atoms with Crippen LogP contribution in [-0.2, 0) is 0 Å². The Kier molecular flexibility index (Phi) is 5.27. The van der Waals surface area contributed by atoms with Gasteiger partial charge in [0.15, 0.2) is 0 Å². The summed E-state index contributed by atoms with van der Waals surface area (Å²) in [5.74, 6) is 0.189. The van der Waals surface area contributed by atoms with E-state index in [1.165, 1.54) is 6.42 Å². The maximum absolute atomic E-state index is 12.9. The summed E-state index contributed by atoms with van der Waals surface area (Å²) in [6.45, 7) is 9.48. The van der Waals surface area contributed by atoms with Crippen LogP contribution in [0.25, 0.3) is 0 Å². The standard InChI is InChI=1S/C18H28N2O/c1-5-11-19-16-9-10-17(13(2)12-16)18(21)20-14(3)7-6-8-15(20)4/h9-10,12,14-15,19H,5-8,11H2,1-4H3/t14-,15+. The molecule has 1 heterocycles. The fraction of sp³-hybridized carbons (Fsp3) is 0.611. The summed E-state index contributed by atoms with van der Waals surface area (Å²) in [5, 5.41) is 3.37. The van der Waals surface area contributed by atoms with Crippen LogP contribution in [0, 0.1) is 6.92 Å². The smallest absolute Gasteiger partial charge is 0.254 e. The van der Waals surface area contributed by atoms with Crippen LogP contribution in [0.3, 0.4) is 0 Å². The third kappa shape index (κ3) is 3.58. The van der Waals surface area contributed by atoms with E-state index in [1.807, 2.05) is 19.1 Å². The van der Waals surface area contributed by atoms with Gasteiger partial charge in [0, 0.05) is 29.9 Å². The maximum Gasteiger partial charge on any atom is 0.254 e. The topological polar surface area (TPSA) is 32.3 Å². The van der Waals surface area contributed by atoms with E-state index in [1.54, 1.807) is 0 Å². The van der Waals surface area contributed by atoms with Crippen LogP contribution in [-0.4, -0.2) is 29.4 Å². The van der Waals surface area contributed by atoms with Gasteiger partial charge in [-0.15, -0.1) is 0 Å². The molecule has 1 aromatic rings. The van der Waals surface area contributed by atoms with Crippen LogP contribution >= 0.6 is 0 Å². The quantitative estimate of drug-likeness (QED) is 0.899. The van der Waals surface area contributed by atoms with Gasteiger partial charge >= 0.3 is 0 Å². The van der Waals surface area contributed by atoms with Gasteiger partial charge in [-0.25, -0.2) is 0 Å². The molecular weight excluding hydrogens is 260 g/mol. The summed E-state index contributed by atoms with van der Waals surface area (Å²) < 4.78 is 0. The van der Waals surface area contributed by atoms with Crippen molar-refractivity contribution in [1.29, 1.82) is 0 Å². The van der Waals surface area contributed by atoms with E-state index in [9.17, 15) is 4.79 Å². The van der Waals surface area contributed by atoms with Crippen molar-refractivity contribution < 1.29 is 4.79 Å². The van der Waals surface area contributed by atoms with Gasteiger partial charge in [0.25, 0.3) is 5.91 Å².